The molecule has 1 heterocycles. The van der Waals surface area contributed by atoms with Crippen molar-refractivity contribution in [3.63, 3.8) is 0 Å². The Kier molecular flexibility index (Phi) is 5.31. The summed E-state index contributed by atoms with van der Waals surface area (Å²) in [5.41, 5.74) is 1.28. The molecule has 1 aromatic carbocycles. The van der Waals surface area contributed by atoms with Gasteiger partial charge in [-0.3, -0.25) is 9.69 Å². The number of benzene rings is 1. The van der Waals surface area contributed by atoms with E-state index in [0.29, 0.717) is 31.3 Å². The fraction of sp³-hybridized carbons (Fsp3) is 0.562. The lowest BCUT2D eigenvalue weighted by atomic mass is 10.1. The van der Waals surface area contributed by atoms with Crippen molar-refractivity contribution in [1.29, 1.82) is 0 Å². The van der Waals surface area contributed by atoms with Crippen LogP contribution in [0.3, 0.4) is 0 Å². The molecule has 116 valence electrons. The summed E-state index contributed by atoms with van der Waals surface area (Å²) >= 11 is 0. The largest absolute Gasteiger partial charge is 0.383 e. The van der Waals surface area contributed by atoms with Gasteiger partial charge in [0.25, 0.3) is 5.91 Å². The fourth-order valence-corrected chi connectivity index (χ4v) is 2.71. The lowest BCUT2D eigenvalue weighted by Crippen LogP contribution is -2.52. The number of rotatable bonds is 4. The van der Waals surface area contributed by atoms with Crippen LogP contribution in [0.4, 0.5) is 4.39 Å². The number of hydrogen-bond acceptors (Lipinski definition) is 3. The van der Waals surface area contributed by atoms with Crippen molar-refractivity contribution in [1.82, 2.24) is 9.80 Å². The maximum Gasteiger partial charge on any atom is 0.254 e. The van der Waals surface area contributed by atoms with E-state index >= 15 is 0 Å². The predicted octanol–water partition coefficient (Wildman–Crippen LogP) is 1.93. The van der Waals surface area contributed by atoms with Gasteiger partial charge >= 0.3 is 0 Å². The zero-order valence-electron chi connectivity index (χ0n) is 12.9. The second-order valence-corrected chi connectivity index (χ2v) is 5.59. The molecule has 1 amide bonds. The lowest BCUT2D eigenvalue weighted by molar-refractivity contribution is 0.0448. The number of carbonyl (C=O) groups is 1. The second kappa shape index (κ2) is 7.00. The molecule has 1 atom stereocenters. The van der Waals surface area contributed by atoms with Crippen LogP contribution in [-0.4, -0.2) is 61.6 Å². The molecule has 1 aliphatic rings. The third-order valence-electron chi connectivity index (χ3n) is 4.06. The number of carbonyl (C=O) groups excluding carboxylic acids is 1. The van der Waals surface area contributed by atoms with Crippen molar-refractivity contribution in [3.05, 3.63) is 35.1 Å². The molecule has 0 radical (unpaired) electrons. The lowest BCUT2D eigenvalue weighted by Gasteiger charge is -2.38. The average Bonchev–Trinajstić information content (AvgIpc) is 2.49. The maximum absolute atomic E-state index is 13.3. The monoisotopic (exact) mass is 294 g/mol. The normalized spacial score (nSPS) is 17.8. The van der Waals surface area contributed by atoms with Gasteiger partial charge in [-0.15, -0.1) is 0 Å². The predicted molar refractivity (Wildman–Crippen MR) is 80.0 cm³/mol. The number of methoxy groups -OCH3 is 1. The Morgan fingerprint density at radius 2 is 2.00 bits per heavy atom. The highest BCUT2D eigenvalue weighted by atomic mass is 19.1. The number of piperazine rings is 1. The molecule has 1 aromatic rings. The van der Waals surface area contributed by atoms with Gasteiger partial charge in [0.05, 0.1) is 6.61 Å². The molecule has 1 aliphatic heterocycles. The summed E-state index contributed by atoms with van der Waals surface area (Å²) in [6, 6.07) is 4.72. The van der Waals surface area contributed by atoms with Crippen LogP contribution < -0.4 is 0 Å². The summed E-state index contributed by atoms with van der Waals surface area (Å²) in [6.45, 7) is 7.64. The first kappa shape index (κ1) is 15.9. The van der Waals surface area contributed by atoms with Gasteiger partial charge in [0.2, 0.25) is 0 Å². The van der Waals surface area contributed by atoms with Gasteiger partial charge in [0.1, 0.15) is 5.82 Å². The minimum absolute atomic E-state index is 0.0777. The SMILES string of the molecule is COC[C@H](C)N1CCN(C(=O)c2cc(F)ccc2C)CC1. The highest BCUT2D eigenvalue weighted by molar-refractivity contribution is 5.95. The molecule has 0 unspecified atom stereocenters. The summed E-state index contributed by atoms with van der Waals surface area (Å²) in [5.74, 6) is -0.442. The Morgan fingerprint density at radius 1 is 1.33 bits per heavy atom. The second-order valence-electron chi connectivity index (χ2n) is 5.59. The van der Waals surface area contributed by atoms with Crippen molar-refractivity contribution in [2.24, 2.45) is 0 Å². The Hall–Kier alpha value is -1.46. The van der Waals surface area contributed by atoms with E-state index in [2.05, 4.69) is 11.8 Å². The maximum atomic E-state index is 13.3. The van der Waals surface area contributed by atoms with E-state index in [1.807, 2.05) is 6.92 Å². The third kappa shape index (κ3) is 3.80. The standard InChI is InChI=1S/C16H23FN2O2/c1-12-4-5-14(17)10-15(12)16(20)19-8-6-18(7-9-19)13(2)11-21-3/h4-5,10,13H,6-9,11H2,1-3H3/t13-/m0/s1. The summed E-state index contributed by atoms with van der Waals surface area (Å²) < 4.78 is 18.5. The number of hydrogen-bond donors (Lipinski definition) is 0. The molecule has 0 saturated carbocycles. The van der Waals surface area contributed by atoms with Crippen LogP contribution in [0.5, 0.6) is 0 Å². The molecular weight excluding hydrogens is 271 g/mol. The number of aryl methyl sites for hydroxylation is 1. The summed E-state index contributed by atoms with van der Waals surface area (Å²) in [5, 5.41) is 0. The van der Waals surface area contributed by atoms with E-state index in [0.717, 1.165) is 18.7 Å². The zero-order valence-corrected chi connectivity index (χ0v) is 12.9. The van der Waals surface area contributed by atoms with Crippen molar-refractivity contribution in [2.45, 2.75) is 19.9 Å². The van der Waals surface area contributed by atoms with Gasteiger partial charge in [0.15, 0.2) is 0 Å². The van der Waals surface area contributed by atoms with E-state index in [4.69, 9.17) is 4.74 Å². The van der Waals surface area contributed by atoms with Crippen molar-refractivity contribution in [3.8, 4) is 0 Å². The fourth-order valence-electron chi connectivity index (χ4n) is 2.71. The van der Waals surface area contributed by atoms with Crippen molar-refractivity contribution < 1.29 is 13.9 Å². The average molecular weight is 294 g/mol. The van der Waals surface area contributed by atoms with Gasteiger partial charge < -0.3 is 9.64 Å². The minimum Gasteiger partial charge on any atom is -0.383 e. The molecule has 1 fully saturated rings. The molecule has 4 nitrogen and oxygen atoms in total. The molecule has 0 aliphatic carbocycles. The van der Waals surface area contributed by atoms with E-state index < -0.39 is 0 Å². The first-order chi connectivity index (χ1) is 10.0. The molecule has 2 rings (SSSR count). The smallest absolute Gasteiger partial charge is 0.254 e. The van der Waals surface area contributed by atoms with Gasteiger partial charge in [-0.2, -0.15) is 0 Å². The van der Waals surface area contributed by atoms with E-state index in [-0.39, 0.29) is 11.7 Å². The van der Waals surface area contributed by atoms with Gasteiger partial charge in [-0.25, -0.2) is 4.39 Å². The Bertz CT molecular complexity index is 499. The number of ether oxygens (including phenoxy) is 1. The first-order valence-electron chi connectivity index (χ1n) is 7.31. The van der Waals surface area contributed by atoms with Crippen molar-refractivity contribution in [2.75, 3.05) is 39.9 Å². The number of amides is 1. The Morgan fingerprint density at radius 3 is 2.62 bits per heavy atom. The molecule has 0 bridgehead atoms. The van der Waals surface area contributed by atoms with Crippen LogP contribution >= 0.6 is 0 Å². The first-order valence-corrected chi connectivity index (χ1v) is 7.31. The quantitative estimate of drug-likeness (QED) is 0.850. The zero-order chi connectivity index (χ0) is 15.4. The van der Waals surface area contributed by atoms with E-state index in [1.54, 1.807) is 18.1 Å². The summed E-state index contributed by atoms with van der Waals surface area (Å²) in [6.07, 6.45) is 0. The number of halogens is 1. The molecule has 5 heteroatoms. The van der Waals surface area contributed by atoms with Crippen LogP contribution in [0, 0.1) is 12.7 Å². The van der Waals surface area contributed by atoms with Crippen LogP contribution in [0.2, 0.25) is 0 Å². The topological polar surface area (TPSA) is 32.8 Å². The Labute approximate surface area is 125 Å². The van der Waals surface area contributed by atoms with Gasteiger partial charge in [-0.05, 0) is 31.5 Å². The molecule has 0 aromatic heterocycles. The van der Waals surface area contributed by atoms with E-state index in [9.17, 15) is 9.18 Å². The van der Waals surface area contributed by atoms with Gasteiger partial charge in [0, 0.05) is 44.9 Å². The van der Waals surface area contributed by atoms with Crippen LogP contribution in [0.1, 0.15) is 22.8 Å². The molecule has 0 N–H and O–H groups in total. The van der Waals surface area contributed by atoms with Crippen molar-refractivity contribution >= 4 is 5.91 Å². The van der Waals surface area contributed by atoms with Crippen LogP contribution in [0.25, 0.3) is 0 Å². The molecular formula is C16H23FN2O2. The number of nitrogens with zero attached hydrogens (tertiary/aromatic N) is 2. The Balaban J connectivity index is 1.98. The summed E-state index contributed by atoms with van der Waals surface area (Å²) in [7, 11) is 1.70. The minimum atomic E-state index is -0.365. The van der Waals surface area contributed by atoms with Crippen LogP contribution in [-0.2, 0) is 4.74 Å². The highest BCUT2D eigenvalue weighted by Crippen LogP contribution is 2.15. The van der Waals surface area contributed by atoms with Gasteiger partial charge in [-0.1, -0.05) is 6.07 Å². The van der Waals surface area contributed by atoms with Crippen LogP contribution in [0.15, 0.2) is 18.2 Å². The molecule has 0 spiro atoms. The molecule has 1 saturated heterocycles. The molecule has 21 heavy (non-hydrogen) atoms. The van der Waals surface area contributed by atoms with E-state index in [1.165, 1.54) is 12.1 Å². The third-order valence-corrected chi connectivity index (χ3v) is 4.06. The highest BCUT2D eigenvalue weighted by Gasteiger charge is 2.25. The summed E-state index contributed by atoms with van der Waals surface area (Å²) in [4.78, 5) is 16.6.